The Kier molecular flexibility index (Phi) is 4.11. The highest BCUT2D eigenvalue weighted by molar-refractivity contribution is 7.16. The molecule has 6 heteroatoms. The number of anilines is 1. The van der Waals surface area contributed by atoms with Gasteiger partial charge in [-0.15, -0.1) is 11.3 Å². The second-order valence-electron chi connectivity index (χ2n) is 3.49. The summed E-state index contributed by atoms with van der Waals surface area (Å²) in [6.07, 6.45) is 1.01. The van der Waals surface area contributed by atoms with Crippen LogP contribution in [0.1, 0.15) is 13.3 Å². The molecule has 92 valence electrons. The summed E-state index contributed by atoms with van der Waals surface area (Å²) in [7, 11) is 0. The predicted molar refractivity (Wildman–Crippen MR) is 68.4 cm³/mol. The molecule has 2 rings (SSSR count). The monoisotopic (exact) mass is 253 g/mol. The predicted octanol–water partition coefficient (Wildman–Crippen LogP) is 2.08. The highest BCUT2D eigenvalue weighted by atomic mass is 32.1. The van der Waals surface area contributed by atoms with E-state index in [0.29, 0.717) is 19.1 Å². The first kappa shape index (κ1) is 12.1. The zero-order chi connectivity index (χ0) is 12.1. The molecule has 0 saturated carbocycles. The van der Waals surface area contributed by atoms with Crippen molar-refractivity contribution in [2.45, 2.75) is 13.3 Å². The number of hydrogen-bond acceptors (Lipinski definition) is 6. The zero-order valence-corrected chi connectivity index (χ0v) is 10.5. The first-order valence-corrected chi connectivity index (χ1v) is 6.40. The average molecular weight is 253 g/mol. The highest BCUT2D eigenvalue weighted by Crippen LogP contribution is 2.27. The molecule has 2 aromatic rings. The van der Waals surface area contributed by atoms with Crippen LogP contribution in [0.15, 0.2) is 11.4 Å². The summed E-state index contributed by atoms with van der Waals surface area (Å²) in [6, 6.07) is 1.93. The van der Waals surface area contributed by atoms with Crippen LogP contribution in [0.4, 0.5) is 5.95 Å². The molecule has 2 N–H and O–H groups in total. The topological polar surface area (TPSA) is 70.3 Å². The van der Waals surface area contributed by atoms with Gasteiger partial charge in [0.25, 0.3) is 0 Å². The van der Waals surface area contributed by atoms with E-state index in [1.54, 1.807) is 0 Å². The summed E-state index contributed by atoms with van der Waals surface area (Å²) in [4.78, 5) is 9.06. The smallest absolute Gasteiger partial charge is 0.227 e. The van der Waals surface area contributed by atoms with Gasteiger partial charge in [-0.2, -0.15) is 4.98 Å². The zero-order valence-electron chi connectivity index (χ0n) is 9.68. The molecule has 0 saturated heterocycles. The molecular weight excluding hydrogens is 238 g/mol. The van der Waals surface area contributed by atoms with Crippen molar-refractivity contribution in [1.82, 2.24) is 9.97 Å². The van der Waals surface area contributed by atoms with Gasteiger partial charge in [-0.05, 0) is 17.9 Å². The van der Waals surface area contributed by atoms with Gasteiger partial charge in [0.05, 0.1) is 12.0 Å². The van der Waals surface area contributed by atoms with Crippen molar-refractivity contribution in [2.24, 2.45) is 0 Å². The van der Waals surface area contributed by atoms with Crippen LogP contribution < -0.4 is 10.5 Å². The lowest BCUT2D eigenvalue weighted by molar-refractivity contribution is 0.0996. The van der Waals surface area contributed by atoms with Gasteiger partial charge in [0.15, 0.2) is 0 Å². The Labute approximate surface area is 104 Å². The van der Waals surface area contributed by atoms with Gasteiger partial charge in [0.1, 0.15) is 11.4 Å². The largest absolute Gasteiger partial charge is 0.475 e. The molecule has 0 fully saturated rings. The summed E-state index contributed by atoms with van der Waals surface area (Å²) in [5.74, 6) is 0.776. The molecule has 0 bridgehead atoms. The molecule has 0 atom stereocenters. The lowest BCUT2D eigenvalue weighted by Crippen LogP contribution is -2.09. The van der Waals surface area contributed by atoms with Crippen LogP contribution in [0.5, 0.6) is 5.88 Å². The molecule has 0 spiro atoms. The van der Waals surface area contributed by atoms with Crippen molar-refractivity contribution in [3.05, 3.63) is 11.4 Å². The van der Waals surface area contributed by atoms with Crippen molar-refractivity contribution in [3.8, 4) is 5.88 Å². The van der Waals surface area contributed by atoms with Crippen molar-refractivity contribution >= 4 is 27.5 Å². The number of nitrogens with zero attached hydrogens (tertiary/aromatic N) is 2. The number of nitrogen functional groups attached to an aromatic ring is 1. The van der Waals surface area contributed by atoms with Crippen LogP contribution >= 0.6 is 11.3 Å². The van der Waals surface area contributed by atoms with E-state index in [0.717, 1.165) is 23.2 Å². The van der Waals surface area contributed by atoms with Crippen molar-refractivity contribution < 1.29 is 9.47 Å². The molecule has 5 nitrogen and oxygen atoms in total. The van der Waals surface area contributed by atoms with E-state index < -0.39 is 0 Å². The van der Waals surface area contributed by atoms with E-state index in [4.69, 9.17) is 15.2 Å². The van der Waals surface area contributed by atoms with Gasteiger partial charge in [-0.25, -0.2) is 4.98 Å². The van der Waals surface area contributed by atoms with Crippen molar-refractivity contribution in [2.75, 3.05) is 25.6 Å². The Morgan fingerprint density at radius 2 is 2.18 bits per heavy atom. The Morgan fingerprint density at radius 1 is 1.29 bits per heavy atom. The first-order valence-electron chi connectivity index (χ1n) is 5.52. The van der Waals surface area contributed by atoms with Crippen LogP contribution in [0.3, 0.4) is 0 Å². The van der Waals surface area contributed by atoms with Gasteiger partial charge in [0, 0.05) is 6.61 Å². The second-order valence-corrected chi connectivity index (χ2v) is 4.38. The lowest BCUT2D eigenvalue weighted by atomic mass is 10.4. The van der Waals surface area contributed by atoms with Gasteiger partial charge in [0.2, 0.25) is 11.8 Å². The van der Waals surface area contributed by atoms with Crippen LogP contribution in [0, 0.1) is 0 Å². The molecule has 0 aliphatic carbocycles. The van der Waals surface area contributed by atoms with Crippen LogP contribution in [0.2, 0.25) is 0 Å². The minimum absolute atomic E-state index is 0.240. The van der Waals surface area contributed by atoms with Crippen LogP contribution in [-0.4, -0.2) is 29.8 Å². The molecule has 2 aromatic heterocycles. The normalized spacial score (nSPS) is 10.9. The van der Waals surface area contributed by atoms with Gasteiger partial charge >= 0.3 is 0 Å². The minimum atomic E-state index is 0.240. The number of thiophene rings is 1. The standard InChI is InChI=1S/C11H15N3O2S/c1-2-4-15-5-6-16-9-8-3-7-17-10(8)14-11(12)13-9/h3,7H,2,4-6H2,1H3,(H2,12,13,14). The summed E-state index contributed by atoms with van der Waals surface area (Å²) >= 11 is 1.52. The number of ether oxygens (including phenoxy) is 2. The van der Waals surface area contributed by atoms with E-state index >= 15 is 0 Å². The number of aromatic nitrogens is 2. The number of hydrogen-bond donors (Lipinski definition) is 1. The summed E-state index contributed by atoms with van der Waals surface area (Å²) in [5, 5.41) is 2.85. The average Bonchev–Trinajstić information content (AvgIpc) is 2.76. The molecule has 2 heterocycles. The summed E-state index contributed by atoms with van der Waals surface area (Å²) in [6.45, 7) is 3.86. The maximum atomic E-state index is 5.61. The fraction of sp³-hybridized carbons (Fsp3) is 0.455. The maximum absolute atomic E-state index is 5.61. The fourth-order valence-corrected chi connectivity index (χ4v) is 2.16. The van der Waals surface area contributed by atoms with Crippen molar-refractivity contribution in [3.63, 3.8) is 0 Å². The Balaban J connectivity index is 2.00. The van der Waals surface area contributed by atoms with Gasteiger partial charge < -0.3 is 15.2 Å². The molecule has 0 radical (unpaired) electrons. The Morgan fingerprint density at radius 3 is 3.00 bits per heavy atom. The lowest BCUT2D eigenvalue weighted by Gasteiger charge is -2.07. The van der Waals surface area contributed by atoms with Crippen LogP contribution in [-0.2, 0) is 4.74 Å². The van der Waals surface area contributed by atoms with E-state index in [1.165, 1.54) is 11.3 Å². The third kappa shape index (κ3) is 3.04. The van der Waals surface area contributed by atoms with Gasteiger partial charge in [-0.3, -0.25) is 0 Å². The van der Waals surface area contributed by atoms with E-state index in [2.05, 4.69) is 16.9 Å². The SMILES string of the molecule is CCCOCCOc1nc(N)nc2sccc12. The maximum Gasteiger partial charge on any atom is 0.227 e. The van der Waals surface area contributed by atoms with E-state index in [1.807, 2.05) is 11.4 Å². The molecule has 0 aromatic carbocycles. The highest BCUT2D eigenvalue weighted by Gasteiger charge is 2.08. The summed E-state index contributed by atoms with van der Waals surface area (Å²) in [5.41, 5.74) is 5.61. The second kappa shape index (κ2) is 5.79. The third-order valence-electron chi connectivity index (χ3n) is 2.12. The third-order valence-corrected chi connectivity index (χ3v) is 2.93. The number of nitrogens with two attached hydrogens (primary N) is 1. The quantitative estimate of drug-likeness (QED) is 0.798. The molecular formula is C11H15N3O2S. The Hall–Kier alpha value is -1.40. The molecule has 17 heavy (non-hydrogen) atoms. The molecule has 0 amide bonds. The molecule has 0 aliphatic rings. The minimum Gasteiger partial charge on any atom is -0.475 e. The van der Waals surface area contributed by atoms with Crippen LogP contribution in [0.25, 0.3) is 10.2 Å². The Bertz CT molecular complexity index is 487. The first-order chi connectivity index (χ1) is 8.31. The molecule has 0 unspecified atom stereocenters. The van der Waals surface area contributed by atoms with Gasteiger partial charge in [-0.1, -0.05) is 6.92 Å². The van der Waals surface area contributed by atoms with E-state index in [-0.39, 0.29) is 5.95 Å². The number of rotatable bonds is 6. The number of fused-ring (bicyclic) bond motifs is 1. The van der Waals surface area contributed by atoms with Crippen molar-refractivity contribution in [1.29, 1.82) is 0 Å². The summed E-state index contributed by atoms with van der Waals surface area (Å²) < 4.78 is 10.9. The fourth-order valence-electron chi connectivity index (χ4n) is 1.40. The molecule has 0 aliphatic heterocycles. The van der Waals surface area contributed by atoms with E-state index in [9.17, 15) is 0 Å².